The van der Waals surface area contributed by atoms with Gasteiger partial charge in [-0.2, -0.15) is 0 Å². The first kappa shape index (κ1) is 10.9. The molecule has 1 fully saturated rings. The monoisotopic (exact) mass is 235 g/mol. The third kappa shape index (κ3) is 1.87. The van der Waals surface area contributed by atoms with Crippen LogP contribution in [0, 0.1) is 0 Å². The van der Waals surface area contributed by atoms with E-state index in [1.807, 2.05) is 12.1 Å². The van der Waals surface area contributed by atoms with Crippen LogP contribution in [0.3, 0.4) is 0 Å². The fourth-order valence-electron chi connectivity index (χ4n) is 2.57. The fourth-order valence-corrected chi connectivity index (χ4v) is 2.57. The normalized spacial score (nSPS) is 27.4. The van der Waals surface area contributed by atoms with Gasteiger partial charge in [0.1, 0.15) is 6.10 Å². The molecule has 0 spiro atoms. The van der Waals surface area contributed by atoms with E-state index < -0.39 is 0 Å². The van der Waals surface area contributed by atoms with Crippen LogP contribution in [0.5, 0.6) is 11.5 Å². The van der Waals surface area contributed by atoms with Gasteiger partial charge in [0.15, 0.2) is 11.5 Å². The maximum atomic E-state index is 5.89. The number of benzene rings is 1. The van der Waals surface area contributed by atoms with Crippen LogP contribution in [0.25, 0.3) is 0 Å². The molecule has 0 radical (unpaired) electrons. The average molecular weight is 235 g/mol. The van der Waals surface area contributed by atoms with Crippen molar-refractivity contribution in [3.63, 3.8) is 0 Å². The van der Waals surface area contributed by atoms with Crippen LogP contribution < -0.4 is 14.8 Å². The van der Waals surface area contributed by atoms with Crippen molar-refractivity contribution in [3.8, 4) is 11.5 Å². The Morgan fingerprint density at radius 2 is 2.29 bits per heavy atom. The summed E-state index contributed by atoms with van der Waals surface area (Å²) in [6, 6.07) is 6.32. The lowest BCUT2D eigenvalue weighted by molar-refractivity contribution is -0.00587. The van der Waals surface area contributed by atoms with Gasteiger partial charge in [-0.25, -0.2) is 0 Å². The van der Waals surface area contributed by atoms with Gasteiger partial charge in [-0.3, -0.25) is 0 Å². The van der Waals surface area contributed by atoms with Gasteiger partial charge < -0.3 is 19.5 Å². The van der Waals surface area contributed by atoms with E-state index in [4.69, 9.17) is 14.2 Å². The highest BCUT2D eigenvalue weighted by Crippen LogP contribution is 2.40. The van der Waals surface area contributed by atoms with Crippen molar-refractivity contribution < 1.29 is 14.2 Å². The third-order valence-electron chi connectivity index (χ3n) is 3.38. The van der Waals surface area contributed by atoms with E-state index in [9.17, 15) is 0 Å². The molecule has 2 atom stereocenters. The van der Waals surface area contributed by atoms with Crippen molar-refractivity contribution in [1.29, 1.82) is 0 Å². The molecule has 2 aliphatic heterocycles. The molecule has 1 N–H and O–H groups in total. The molecule has 3 rings (SSSR count). The van der Waals surface area contributed by atoms with E-state index in [1.165, 1.54) is 0 Å². The van der Waals surface area contributed by atoms with Gasteiger partial charge in [-0.1, -0.05) is 12.1 Å². The smallest absolute Gasteiger partial charge is 0.166 e. The standard InChI is InChI=1S/C13H17NO3/c1-15-11-4-2-3-9-12-10(14-6-8-17-12)5-7-16-13(9)11/h2-4,10,12,14H,5-8H2,1H3. The summed E-state index contributed by atoms with van der Waals surface area (Å²) in [7, 11) is 1.67. The second-order valence-electron chi connectivity index (χ2n) is 4.37. The number of morpholine rings is 1. The summed E-state index contributed by atoms with van der Waals surface area (Å²) in [4.78, 5) is 0. The Kier molecular flexibility index (Phi) is 2.91. The molecule has 2 unspecified atom stereocenters. The molecular weight excluding hydrogens is 218 g/mol. The van der Waals surface area contributed by atoms with Crippen molar-refractivity contribution in [2.24, 2.45) is 0 Å². The average Bonchev–Trinajstić information content (AvgIpc) is 2.58. The number of para-hydroxylation sites is 1. The minimum atomic E-state index is 0.0800. The van der Waals surface area contributed by atoms with Crippen molar-refractivity contribution >= 4 is 0 Å². The zero-order valence-electron chi connectivity index (χ0n) is 9.94. The SMILES string of the molecule is COc1cccc2c1OCCC1NCCOC21. The Bertz CT molecular complexity index is 408. The number of fused-ring (bicyclic) bond motifs is 3. The number of nitrogens with one attached hydrogen (secondary N) is 1. The van der Waals surface area contributed by atoms with E-state index in [2.05, 4.69) is 11.4 Å². The van der Waals surface area contributed by atoms with E-state index >= 15 is 0 Å². The molecule has 92 valence electrons. The molecule has 17 heavy (non-hydrogen) atoms. The molecule has 0 saturated carbocycles. The molecule has 0 aliphatic carbocycles. The van der Waals surface area contributed by atoms with Crippen LogP contribution in [0.4, 0.5) is 0 Å². The van der Waals surface area contributed by atoms with E-state index in [-0.39, 0.29) is 6.10 Å². The van der Waals surface area contributed by atoms with E-state index in [0.717, 1.165) is 36.6 Å². The molecular formula is C13H17NO3. The second kappa shape index (κ2) is 4.55. The Balaban J connectivity index is 2.03. The maximum absolute atomic E-state index is 5.89. The van der Waals surface area contributed by atoms with Crippen LogP contribution in [0.15, 0.2) is 18.2 Å². The quantitative estimate of drug-likeness (QED) is 0.801. The summed E-state index contributed by atoms with van der Waals surface area (Å²) >= 11 is 0. The summed E-state index contributed by atoms with van der Waals surface area (Å²) in [5.41, 5.74) is 1.10. The van der Waals surface area contributed by atoms with Crippen LogP contribution >= 0.6 is 0 Å². The fraction of sp³-hybridized carbons (Fsp3) is 0.538. The first-order chi connectivity index (χ1) is 8.40. The molecule has 0 amide bonds. The summed E-state index contributed by atoms with van der Waals surface area (Å²) in [6.45, 7) is 2.36. The van der Waals surface area contributed by atoms with Crippen molar-refractivity contribution in [3.05, 3.63) is 23.8 Å². The van der Waals surface area contributed by atoms with Crippen molar-refractivity contribution in [1.82, 2.24) is 5.32 Å². The molecule has 4 heteroatoms. The molecule has 1 saturated heterocycles. The van der Waals surface area contributed by atoms with Crippen LogP contribution in [0.2, 0.25) is 0 Å². The first-order valence-corrected chi connectivity index (χ1v) is 6.05. The lowest BCUT2D eigenvalue weighted by atomic mass is 9.98. The molecule has 1 aromatic rings. The lowest BCUT2D eigenvalue weighted by Gasteiger charge is -2.31. The number of hydrogen-bond acceptors (Lipinski definition) is 4. The summed E-state index contributed by atoms with van der Waals surface area (Å²) in [5.74, 6) is 1.63. The van der Waals surface area contributed by atoms with Gasteiger partial charge in [0.05, 0.1) is 20.3 Å². The highest BCUT2D eigenvalue weighted by Gasteiger charge is 2.32. The number of ether oxygens (including phenoxy) is 3. The topological polar surface area (TPSA) is 39.7 Å². The minimum absolute atomic E-state index is 0.0800. The van der Waals surface area contributed by atoms with Crippen LogP contribution in [-0.4, -0.2) is 32.9 Å². The Morgan fingerprint density at radius 1 is 1.35 bits per heavy atom. The minimum Gasteiger partial charge on any atom is -0.493 e. The van der Waals surface area contributed by atoms with Crippen molar-refractivity contribution in [2.45, 2.75) is 18.6 Å². The summed E-state index contributed by atoms with van der Waals surface area (Å²) in [6.07, 6.45) is 1.04. The molecule has 1 aromatic carbocycles. The maximum Gasteiger partial charge on any atom is 0.166 e. The predicted octanol–water partition coefficient (Wildman–Crippen LogP) is 1.51. The Hall–Kier alpha value is -1.26. The zero-order chi connectivity index (χ0) is 11.7. The van der Waals surface area contributed by atoms with Gasteiger partial charge in [-0.15, -0.1) is 0 Å². The number of methoxy groups -OCH3 is 1. The summed E-state index contributed by atoms with van der Waals surface area (Å²) < 4.78 is 17.1. The highest BCUT2D eigenvalue weighted by atomic mass is 16.5. The number of rotatable bonds is 1. The van der Waals surface area contributed by atoms with Gasteiger partial charge in [0, 0.05) is 18.2 Å². The van der Waals surface area contributed by atoms with Gasteiger partial charge in [-0.05, 0) is 12.5 Å². The predicted molar refractivity (Wildman–Crippen MR) is 63.6 cm³/mol. The largest absolute Gasteiger partial charge is 0.493 e. The molecule has 2 heterocycles. The van der Waals surface area contributed by atoms with E-state index in [1.54, 1.807) is 7.11 Å². The van der Waals surface area contributed by atoms with Crippen LogP contribution in [0.1, 0.15) is 18.1 Å². The number of hydrogen-bond donors (Lipinski definition) is 1. The third-order valence-corrected chi connectivity index (χ3v) is 3.38. The second-order valence-corrected chi connectivity index (χ2v) is 4.37. The molecule has 0 aromatic heterocycles. The zero-order valence-corrected chi connectivity index (χ0v) is 9.94. The highest BCUT2D eigenvalue weighted by molar-refractivity contribution is 5.48. The first-order valence-electron chi connectivity index (χ1n) is 6.05. The molecule has 0 bridgehead atoms. The van der Waals surface area contributed by atoms with E-state index in [0.29, 0.717) is 12.6 Å². The van der Waals surface area contributed by atoms with Crippen molar-refractivity contribution in [2.75, 3.05) is 26.9 Å². The van der Waals surface area contributed by atoms with Gasteiger partial charge >= 0.3 is 0 Å². The van der Waals surface area contributed by atoms with Gasteiger partial charge in [0.2, 0.25) is 0 Å². The lowest BCUT2D eigenvalue weighted by Crippen LogP contribution is -2.43. The van der Waals surface area contributed by atoms with Gasteiger partial charge in [0.25, 0.3) is 0 Å². The summed E-state index contributed by atoms with van der Waals surface area (Å²) in [5, 5.41) is 3.49. The molecule has 4 nitrogen and oxygen atoms in total. The Labute approximate surface area is 101 Å². The molecule has 2 aliphatic rings. The Morgan fingerprint density at radius 3 is 3.18 bits per heavy atom. The van der Waals surface area contributed by atoms with Crippen LogP contribution in [-0.2, 0) is 4.74 Å².